The fourth-order valence-electron chi connectivity index (χ4n) is 2.84. The number of nitrogens with two attached hydrogens (primary N) is 1. The molecule has 4 heteroatoms. The molecule has 0 fully saturated rings. The average Bonchev–Trinajstić information content (AvgIpc) is 2.97. The summed E-state index contributed by atoms with van der Waals surface area (Å²) in [4.78, 5) is 15.3. The van der Waals surface area contributed by atoms with E-state index in [9.17, 15) is 4.79 Å². The van der Waals surface area contributed by atoms with Gasteiger partial charge in [-0.25, -0.2) is 9.78 Å². The van der Waals surface area contributed by atoms with Crippen molar-refractivity contribution in [2.24, 2.45) is 5.73 Å². The summed E-state index contributed by atoms with van der Waals surface area (Å²) < 4.78 is 1.44. The van der Waals surface area contributed by atoms with Gasteiger partial charge in [-0.15, -0.1) is 0 Å². The van der Waals surface area contributed by atoms with Gasteiger partial charge in [0.05, 0.1) is 0 Å². The van der Waals surface area contributed by atoms with Gasteiger partial charge in [0.2, 0.25) is 0 Å². The normalized spacial score (nSPS) is 11.0. The van der Waals surface area contributed by atoms with Gasteiger partial charge in [-0.05, 0) is 6.42 Å². The number of carbonyl (C=O) groups excluding carboxylic acids is 1. The van der Waals surface area contributed by atoms with Crippen molar-refractivity contribution in [1.29, 1.82) is 0 Å². The number of aryl methyl sites for hydroxylation is 1. The Hall–Kier alpha value is -1.32. The van der Waals surface area contributed by atoms with Gasteiger partial charge in [-0.2, -0.15) is 0 Å². The number of hydrogen-bond donors (Lipinski definition) is 1. The van der Waals surface area contributed by atoms with Crippen molar-refractivity contribution in [3.8, 4) is 0 Å². The van der Waals surface area contributed by atoms with Gasteiger partial charge in [-0.3, -0.25) is 4.57 Å². The van der Waals surface area contributed by atoms with E-state index < -0.39 is 6.03 Å². The van der Waals surface area contributed by atoms with Gasteiger partial charge in [0.25, 0.3) is 0 Å². The van der Waals surface area contributed by atoms with Crippen LogP contribution in [0.15, 0.2) is 12.4 Å². The summed E-state index contributed by atoms with van der Waals surface area (Å²) in [6.07, 6.45) is 20.2. The maximum atomic E-state index is 11.1. The monoisotopic (exact) mass is 307 g/mol. The molecular formula is C18H33N3O. The van der Waals surface area contributed by atoms with Crippen LogP contribution >= 0.6 is 0 Å². The second-order valence-corrected chi connectivity index (χ2v) is 6.19. The van der Waals surface area contributed by atoms with E-state index in [4.69, 9.17) is 5.73 Å². The van der Waals surface area contributed by atoms with Crippen molar-refractivity contribution < 1.29 is 4.79 Å². The molecule has 22 heavy (non-hydrogen) atoms. The zero-order valence-corrected chi connectivity index (χ0v) is 14.2. The summed E-state index contributed by atoms with van der Waals surface area (Å²) in [5.74, 6) is 0.791. The first kappa shape index (κ1) is 18.7. The van der Waals surface area contributed by atoms with Crippen LogP contribution in [0.1, 0.15) is 89.8 Å². The highest BCUT2D eigenvalue weighted by Crippen LogP contribution is 2.12. The fourth-order valence-corrected chi connectivity index (χ4v) is 2.84. The van der Waals surface area contributed by atoms with Crippen LogP contribution in [0.2, 0.25) is 0 Å². The Kier molecular flexibility index (Phi) is 10.4. The first-order chi connectivity index (χ1) is 10.8. The van der Waals surface area contributed by atoms with Crippen molar-refractivity contribution in [2.75, 3.05) is 0 Å². The molecular weight excluding hydrogens is 274 g/mol. The molecule has 0 aromatic carbocycles. The summed E-state index contributed by atoms with van der Waals surface area (Å²) in [6, 6.07) is -0.438. The minimum atomic E-state index is -0.438. The number of rotatable bonds is 13. The molecule has 0 unspecified atom stereocenters. The molecule has 1 aromatic rings. The number of carbonyl (C=O) groups is 1. The number of aromatic nitrogens is 2. The van der Waals surface area contributed by atoms with E-state index in [1.54, 1.807) is 12.4 Å². The molecule has 0 aliphatic carbocycles. The number of hydrogen-bond acceptors (Lipinski definition) is 2. The van der Waals surface area contributed by atoms with Crippen LogP contribution in [0.5, 0.6) is 0 Å². The number of amides is 1. The maximum Gasteiger partial charge on any atom is 0.324 e. The zero-order chi connectivity index (χ0) is 16.0. The van der Waals surface area contributed by atoms with Crippen LogP contribution in [0.4, 0.5) is 4.79 Å². The number of primary amides is 1. The molecule has 1 heterocycles. The summed E-state index contributed by atoms with van der Waals surface area (Å²) in [5.41, 5.74) is 5.28. The van der Waals surface area contributed by atoms with Crippen molar-refractivity contribution in [1.82, 2.24) is 9.55 Å². The van der Waals surface area contributed by atoms with Gasteiger partial charge < -0.3 is 5.73 Å². The molecule has 4 nitrogen and oxygen atoms in total. The molecule has 126 valence electrons. The van der Waals surface area contributed by atoms with Crippen molar-refractivity contribution in [3.05, 3.63) is 18.2 Å². The molecule has 0 spiro atoms. The van der Waals surface area contributed by atoms with Crippen molar-refractivity contribution in [2.45, 2.75) is 90.4 Å². The highest BCUT2D eigenvalue weighted by Gasteiger charge is 2.06. The molecule has 2 N–H and O–H groups in total. The third-order valence-electron chi connectivity index (χ3n) is 4.21. The van der Waals surface area contributed by atoms with E-state index >= 15 is 0 Å². The molecule has 0 atom stereocenters. The average molecular weight is 307 g/mol. The number of imidazole rings is 1. The molecule has 1 amide bonds. The third-order valence-corrected chi connectivity index (χ3v) is 4.21. The smallest absolute Gasteiger partial charge is 0.324 e. The largest absolute Gasteiger partial charge is 0.351 e. The lowest BCUT2D eigenvalue weighted by Crippen LogP contribution is -2.21. The van der Waals surface area contributed by atoms with Crippen LogP contribution in [-0.2, 0) is 6.42 Å². The highest BCUT2D eigenvalue weighted by atomic mass is 16.2. The molecule has 0 aliphatic rings. The Morgan fingerprint density at radius 1 is 0.955 bits per heavy atom. The van der Waals surface area contributed by atoms with Gasteiger partial charge in [0.15, 0.2) is 0 Å². The third kappa shape index (κ3) is 8.20. The summed E-state index contributed by atoms with van der Waals surface area (Å²) >= 11 is 0. The number of unbranched alkanes of at least 4 members (excludes halogenated alkanes) is 11. The Morgan fingerprint density at radius 3 is 1.95 bits per heavy atom. The lowest BCUT2D eigenvalue weighted by molar-refractivity contribution is 0.249. The lowest BCUT2D eigenvalue weighted by Gasteiger charge is -2.04. The number of nitrogens with zero attached hydrogens (tertiary/aromatic N) is 2. The molecule has 0 saturated carbocycles. The molecule has 1 aromatic heterocycles. The topological polar surface area (TPSA) is 60.9 Å². The molecule has 1 rings (SSSR count). The van der Waals surface area contributed by atoms with Crippen LogP contribution in [0, 0.1) is 0 Å². The predicted molar refractivity (Wildman–Crippen MR) is 92.0 cm³/mol. The van der Waals surface area contributed by atoms with E-state index in [-0.39, 0.29) is 0 Å². The second-order valence-electron chi connectivity index (χ2n) is 6.19. The molecule has 0 radical (unpaired) electrons. The van der Waals surface area contributed by atoms with E-state index in [2.05, 4.69) is 11.9 Å². The van der Waals surface area contributed by atoms with Gasteiger partial charge in [-0.1, -0.05) is 77.6 Å². The second kappa shape index (κ2) is 12.2. The summed E-state index contributed by atoms with van der Waals surface area (Å²) in [5, 5.41) is 0. The van der Waals surface area contributed by atoms with Crippen molar-refractivity contribution in [3.63, 3.8) is 0 Å². The standard InChI is InChI=1S/C18H33N3O/c1-2-3-4-5-6-7-8-9-10-11-12-13-14-17-20-15-16-21(17)18(19)22/h15-16H,2-14H2,1H3,(H2,19,22). The van der Waals surface area contributed by atoms with Crippen molar-refractivity contribution >= 4 is 6.03 Å². The van der Waals surface area contributed by atoms with Gasteiger partial charge >= 0.3 is 6.03 Å². The minimum Gasteiger partial charge on any atom is -0.351 e. The van der Waals surface area contributed by atoms with E-state index in [0.717, 1.165) is 18.7 Å². The lowest BCUT2D eigenvalue weighted by atomic mass is 10.0. The van der Waals surface area contributed by atoms with Crippen LogP contribution in [0.25, 0.3) is 0 Å². The Bertz CT molecular complexity index is 401. The molecule has 0 bridgehead atoms. The minimum absolute atomic E-state index is 0.438. The fraction of sp³-hybridized carbons (Fsp3) is 0.778. The quantitative estimate of drug-likeness (QED) is 0.518. The predicted octanol–water partition coefficient (Wildman–Crippen LogP) is 5.05. The maximum absolute atomic E-state index is 11.1. The Balaban J connectivity index is 1.89. The Morgan fingerprint density at radius 2 is 1.45 bits per heavy atom. The molecule has 0 saturated heterocycles. The molecule has 0 aliphatic heterocycles. The van der Waals surface area contributed by atoms with Crippen LogP contribution < -0.4 is 5.73 Å². The van der Waals surface area contributed by atoms with E-state index in [1.165, 1.54) is 75.2 Å². The first-order valence-corrected chi connectivity index (χ1v) is 9.07. The SMILES string of the molecule is CCCCCCCCCCCCCCc1nccn1C(N)=O. The van der Waals surface area contributed by atoms with Gasteiger partial charge in [0, 0.05) is 18.8 Å². The summed E-state index contributed by atoms with van der Waals surface area (Å²) in [7, 11) is 0. The van der Waals surface area contributed by atoms with Crippen LogP contribution in [-0.4, -0.2) is 15.6 Å². The zero-order valence-electron chi connectivity index (χ0n) is 14.2. The Labute approximate surface area is 135 Å². The highest BCUT2D eigenvalue weighted by molar-refractivity contribution is 5.75. The van der Waals surface area contributed by atoms with Crippen LogP contribution in [0.3, 0.4) is 0 Å². The van der Waals surface area contributed by atoms with E-state index in [1.807, 2.05) is 0 Å². The van der Waals surface area contributed by atoms with Gasteiger partial charge in [0.1, 0.15) is 5.82 Å². The summed E-state index contributed by atoms with van der Waals surface area (Å²) in [6.45, 7) is 2.27. The van der Waals surface area contributed by atoms with E-state index in [0.29, 0.717) is 0 Å². The first-order valence-electron chi connectivity index (χ1n) is 9.07.